The van der Waals surface area contributed by atoms with Gasteiger partial charge in [0, 0.05) is 12.2 Å². The Hall–Kier alpha value is -1.58. The summed E-state index contributed by atoms with van der Waals surface area (Å²) >= 11 is 0. The highest BCUT2D eigenvalue weighted by Gasteiger charge is 1.96. The van der Waals surface area contributed by atoms with Crippen LogP contribution in [0, 0.1) is 0 Å². The number of carbonyl (C=O) groups excluding carboxylic acids is 2. The highest BCUT2D eigenvalue weighted by atomic mass is 16.5. The van der Waals surface area contributed by atoms with E-state index in [4.69, 9.17) is 0 Å². The molecule has 0 saturated carbocycles. The van der Waals surface area contributed by atoms with Gasteiger partial charge in [-0.2, -0.15) is 0 Å². The van der Waals surface area contributed by atoms with Gasteiger partial charge in [0.05, 0.1) is 7.11 Å². The van der Waals surface area contributed by atoms with Crippen molar-refractivity contribution < 1.29 is 19.1 Å². The normalized spacial score (nSPS) is 10.6. The van der Waals surface area contributed by atoms with Crippen LogP contribution in [0.15, 0.2) is 24.3 Å². The summed E-state index contributed by atoms with van der Waals surface area (Å²) in [5, 5.41) is 0. The third-order valence-electron chi connectivity index (χ3n) is 1.11. The van der Waals surface area contributed by atoms with Gasteiger partial charge >= 0.3 is 11.9 Å². The molecule has 72 valence electrons. The maximum absolute atomic E-state index is 10.8. The zero-order valence-corrected chi connectivity index (χ0v) is 7.65. The fourth-order valence-electron chi connectivity index (χ4n) is 0.479. The van der Waals surface area contributed by atoms with E-state index in [1.807, 2.05) is 6.92 Å². The fourth-order valence-corrected chi connectivity index (χ4v) is 0.479. The van der Waals surface area contributed by atoms with Gasteiger partial charge in [-0.3, -0.25) is 0 Å². The molecular formula is C9H12O4. The van der Waals surface area contributed by atoms with E-state index in [0.717, 1.165) is 12.2 Å². The number of hydrogen-bond donors (Lipinski definition) is 0. The van der Waals surface area contributed by atoms with E-state index in [-0.39, 0.29) is 6.61 Å². The van der Waals surface area contributed by atoms with Gasteiger partial charge in [0.15, 0.2) is 0 Å². The van der Waals surface area contributed by atoms with Crippen LogP contribution in [0.3, 0.4) is 0 Å². The second kappa shape index (κ2) is 7.09. The maximum atomic E-state index is 10.8. The van der Waals surface area contributed by atoms with Gasteiger partial charge < -0.3 is 9.47 Å². The number of ether oxygens (including phenoxy) is 2. The van der Waals surface area contributed by atoms with E-state index >= 15 is 0 Å². The second-order valence-electron chi connectivity index (χ2n) is 2.06. The Morgan fingerprint density at radius 3 is 2.38 bits per heavy atom. The standard InChI is InChI=1S/C9H12O4/c1-3-4-7-13-9(11)6-5-8(10)12-2/h3-6H,7H2,1-2H3/b4-3+,6-5-. The minimum Gasteiger partial charge on any atom is -0.466 e. The molecule has 4 nitrogen and oxygen atoms in total. The van der Waals surface area contributed by atoms with Gasteiger partial charge in [0.25, 0.3) is 0 Å². The summed E-state index contributed by atoms with van der Waals surface area (Å²) in [7, 11) is 1.23. The minimum absolute atomic E-state index is 0.209. The monoisotopic (exact) mass is 184 g/mol. The predicted molar refractivity (Wildman–Crippen MR) is 46.9 cm³/mol. The molecule has 0 radical (unpaired) electrons. The van der Waals surface area contributed by atoms with Gasteiger partial charge in [-0.1, -0.05) is 12.2 Å². The maximum Gasteiger partial charge on any atom is 0.331 e. The lowest BCUT2D eigenvalue weighted by Gasteiger charge is -1.95. The van der Waals surface area contributed by atoms with Gasteiger partial charge in [-0.25, -0.2) is 9.59 Å². The van der Waals surface area contributed by atoms with Crippen molar-refractivity contribution in [2.75, 3.05) is 13.7 Å². The van der Waals surface area contributed by atoms with E-state index in [9.17, 15) is 9.59 Å². The summed E-state index contributed by atoms with van der Waals surface area (Å²) in [5.74, 6) is -1.15. The summed E-state index contributed by atoms with van der Waals surface area (Å²) in [6.45, 7) is 2.03. The number of hydrogen-bond acceptors (Lipinski definition) is 4. The Bertz CT molecular complexity index is 228. The Morgan fingerprint density at radius 1 is 1.23 bits per heavy atom. The molecule has 0 atom stereocenters. The third kappa shape index (κ3) is 6.80. The van der Waals surface area contributed by atoms with Gasteiger partial charge in [0.1, 0.15) is 6.61 Å². The Labute approximate surface area is 76.8 Å². The SMILES string of the molecule is C/C=C/COC(=O)/C=C\C(=O)OC. The largest absolute Gasteiger partial charge is 0.466 e. The van der Waals surface area contributed by atoms with Gasteiger partial charge in [-0.05, 0) is 6.92 Å². The van der Waals surface area contributed by atoms with Crippen molar-refractivity contribution in [2.24, 2.45) is 0 Å². The molecule has 0 rings (SSSR count). The first kappa shape index (κ1) is 11.4. The smallest absolute Gasteiger partial charge is 0.331 e. The summed E-state index contributed by atoms with van der Waals surface area (Å²) < 4.78 is 8.94. The van der Waals surface area contributed by atoms with E-state index < -0.39 is 11.9 Å². The van der Waals surface area contributed by atoms with Crippen LogP contribution >= 0.6 is 0 Å². The van der Waals surface area contributed by atoms with Crippen molar-refractivity contribution in [3.05, 3.63) is 24.3 Å². The van der Waals surface area contributed by atoms with Crippen molar-refractivity contribution in [1.82, 2.24) is 0 Å². The van der Waals surface area contributed by atoms with Crippen LogP contribution in [-0.2, 0) is 19.1 Å². The first-order valence-electron chi connectivity index (χ1n) is 3.74. The van der Waals surface area contributed by atoms with E-state index in [1.165, 1.54) is 7.11 Å². The lowest BCUT2D eigenvalue weighted by atomic mass is 10.5. The molecule has 0 aliphatic rings. The average molecular weight is 184 g/mol. The highest BCUT2D eigenvalue weighted by Crippen LogP contribution is 1.84. The minimum atomic E-state index is -0.581. The zero-order chi connectivity index (χ0) is 10.1. The van der Waals surface area contributed by atoms with Crippen LogP contribution in [0.2, 0.25) is 0 Å². The molecule has 0 aromatic heterocycles. The molecule has 0 spiro atoms. The zero-order valence-electron chi connectivity index (χ0n) is 7.65. The van der Waals surface area contributed by atoms with Crippen LogP contribution < -0.4 is 0 Å². The number of allylic oxidation sites excluding steroid dienone is 1. The average Bonchev–Trinajstić information content (AvgIpc) is 2.14. The van der Waals surface area contributed by atoms with Crippen molar-refractivity contribution in [3.63, 3.8) is 0 Å². The Morgan fingerprint density at radius 2 is 1.85 bits per heavy atom. The molecule has 0 aliphatic carbocycles. The molecule has 0 amide bonds. The molecule has 0 aromatic rings. The molecule has 0 aliphatic heterocycles. The number of rotatable bonds is 4. The quantitative estimate of drug-likeness (QED) is 0.369. The Kier molecular flexibility index (Phi) is 6.23. The predicted octanol–water partition coefficient (Wildman–Crippen LogP) is 0.835. The third-order valence-corrected chi connectivity index (χ3v) is 1.11. The molecule has 0 heterocycles. The molecule has 0 N–H and O–H groups in total. The van der Waals surface area contributed by atoms with Crippen LogP contribution in [0.1, 0.15) is 6.92 Å². The molecule has 0 fully saturated rings. The van der Waals surface area contributed by atoms with Crippen molar-refractivity contribution >= 4 is 11.9 Å². The van der Waals surface area contributed by atoms with Crippen molar-refractivity contribution in [2.45, 2.75) is 6.92 Å². The first-order valence-corrected chi connectivity index (χ1v) is 3.74. The second-order valence-corrected chi connectivity index (χ2v) is 2.06. The Balaban J connectivity index is 3.73. The molecule has 0 aromatic carbocycles. The summed E-state index contributed by atoms with van der Waals surface area (Å²) in [4.78, 5) is 21.3. The lowest BCUT2D eigenvalue weighted by Crippen LogP contribution is -2.02. The van der Waals surface area contributed by atoms with Crippen LogP contribution in [0.4, 0.5) is 0 Å². The van der Waals surface area contributed by atoms with E-state index in [0.29, 0.717) is 0 Å². The molecule has 0 saturated heterocycles. The molecule has 0 bridgehead atoms. The van der Waals surface area contributed by atoms with E-state index in [1.54, 1.807) is 12.2 Å². The topological polar surface area (TPSA) is 52.6 Å². The number of esters is 2. The first-order chi connectivity index (χ1) is 6.20. The van der Waals surface area contributed by atoms with Crippen LogP contribution in [0.25, 0.3) is 0 Å². The molecular weight excluding hydrogens is 172 g/mol. The van der Waals surface area contributed by atoms with E-state index in [2.05, 4.69) is 9.47 Å². The summed E-state index contributed by atoms with van der Waals surface area (Å²) in [6.07, 6.45) is 5.48. The fraction of sp³-hybridized carbons (Fsp3) is 0.333. The van der Waals surface area contributed by atoms with Crippen molar-refractivity contribution in [3.8, 4) is 0 Å². The summed E-state index contributed by atoms with van der Waals surface area (Å²) in [6, 6.07) is 0. The molecule has 4 heteroatoms. The van der Waals surface area contributed by atoms with Gasteiger partial charge in [-0.15, -0.1) is 0 Å². The lowest BCUT2D eigenvalue weighted by molar-refractivity contribution is -0.138. The molecule has 13 heavy (non-hydrogen) atoms. The summed E-state index contributed by atoms with van der Waals surface area (Å²) in [5.41, 5.74) is 0. The number of methoxy groups -OCH3 is 1. The van der Waals surface area contributed by atoms with Gasteiger partial charge in [0.2, 0.25) is 0 Å². The van der Waals surface area contributed by atoms with Crippen molar-refractivity contribution in [1.29, 1.82) is 0 Å². The highest BCUT2D eigenvalue weighted by molar-refractivity contribution is 5.91. The molecule has 0 unspecified atom stereocenters. The van der Waals surface area contributed by atoms with Crippen LogP contribution in [0.5, 0.6) is 0 Å². The van der Waals surface area contributed by atoms with Crippen LogP contribution in [-0.4, -0.2) is 25.7 Å². The number of carbonyl (C=O) groups is 2.